The van der Waals surface area contributed by atoms with Gasteiger partial charge in [0.2, 0.25) is 0 Å². The Morgan fingerprint density at radius 1 is 1.20 bits per heavy atom. The Hall–Kier alpha value is -2.41. The highest BCUT2D eigenvalue weighted by Crippen LogP contribution is 2.14. The Morgan fingerprint density at radius 3 is 2.60 bits per heavy atom. The molecule has 0 aliphatic heterocycles. The number of benzene rings is 1. The molecule has 0 N–H and O–H groups in total. The predicted octanol–water partition coefficient (Wildman–Crippen LogP) is 1.24. The van der Waals surface area contributed by atoms with Crippen molar-refractivity contribution in [2.24, 2.45) is 0 Å². The minimum atomic E-state index is -0.418. The zero-order chi connectivity index (χ0) is 10.7. The molecule has 0 amide bonds. The smallest absolute Gasteiger partial charge is 0.266 e. The van der Waals surface area contributed by atoms with E-state index >= 15 is 0 Å². The molecule has 4 heteroatoms. The van der Waals surface area contributed by atoms with Gasteiger partial charge in [0.15, 0.2) is 6.19 Å². The first-order valence-electron chi connectivity index (χ1n) is 4.35. The molecule has 1 aromatic heterocycles. The minimum Gasteiger partial charge on any atom is -0.266 e. The van der Waals surface area contributed by atoms with Crippen molar-refractivity contribution < 1.29 is 0 Å². The third-order valence-electron chi connectivity index (χ3n) is 2.01. The highest BCUT2D eigenvalue weighted by atomic mass is 16.1. The van der Waals surface area contributed by atoms with E-state index in [1.807, 2.05) is 36.5 Å². The van der Waals surface area contributed by atoms with E-state index in [2.05, 4.69) is 4.98 Å². The number of hydrogen-bond donors (Lipinski definition) is 0. The first-order chi connectivity index (χ1) is 7.33. The molecule has 1 aromatic carbocycles. The maximum atomic E-state index is 11.3. The van der Waals surface area contributed by atoms with Gasteiger partial charge in [-0.3, -0.25) is 9.78 Å². The van der Waals surface area contributed by atoms with Crippen LogP contribution in [0.25, 0.3) is 11.3 Å². The molecule has 15 heavy (non-hydrogen) atoms. The largest absolute Gasteiger partial charge is 0.282 e. The number of hydrogen-bond acceptors (Lipinski definition) is 3. The van der Waals surface area contributed by atoms with Crippen LogP contribution >= 0.6 is 0 Å². The fourth-order valence-electron chi connectivity index (χ4n) is 1.32. The number of rotatable bonds is 1. The van der Waals surface area contributed by atoms with Gasteiger partial charge < -0.3 is 0 Å². The van der Waals surface area contributed by atoms with Gasteiger partial charge in [-0.1, -0.05) is 30.3 Å². The summed E-state index contributed by atoms with van der Waals surface area (Å²) in [6.45, 7) is 0. The quantitative estimate of drug-likeness (QED) is 0.691. The summed E-state index contributed by atoms with van der Waals surface area (Å²) < 4.78 is 1.02. The average molecular weight is 197 g/mol. The summed E-state index contributed by atoms with van der Waals surface area (Å²) in [6, 6.07) is 9.20. The molecule has 72 valence electrons. The Kier molecular flexibility index (Phi) is 2.30. The summed E-state index contributed by atoms with van der Waals surface area (Å²) in [7, 11) is 0. The molecule has 0 saturated carbocycles. The zero-order valence-corrected chi connectivity index (χ0v) is 7.79. The van der Waals surface area contributed by atoms with Gasteiger partial charge in [-0.05, 0) is 0 Å². The van der Waals surface area contributed by atoms with Crippen molar-refractivity contribution in [3.63, 3.8) is 0 Å². The Morgan fingerprint density at radius 2 is 1.93 bits per heavy atom. The molecule has 0 atom stereocenters. The summed E-state index contributed by atoms with van der Waals surface area (Å²) in [4.78, 5) is 15.1. The molecule has 0 saturated heterocycles. The van der Waals surface area contributed by atoms with Crippen LogP contribution < -0.4 is 5.56 Å². The fourth-order valence-corrected chi connectivity index (χ4v) is 1.32. The third kappa shape index (κ3) is 1.63. The molecule has 0 aliphatic rings. The van der Waals surface area contributed by atoms with Gasteiger partial charge in [0.25, 0.3) is 5.56 Å². The standard InChI is InChI=1S/C11H7N3O/c12-8-14-10(6-13-7-11(14)15)9-4-2-1-3-5-9/h1-7H. The van der Waals surface area contributed by atoms with Crippen molar-refractivity contribution in [3.05, 3.63) is 53.1 Å². The molecular weight excluding hydrogens is 190 g/mol. The molecule has 1 heterocycles. The second-order valence-corrected chi connectivity index (χ2v) is 2.93. The topological polar surface area (TPSA) is 58.7 Å². The second kappa shape index (κ2) is 3.76. The van der Waals surface area contributed by atoms with E-state index in [0.717, 1.165) is 16.3 Å². The average Bonchev–Trinajstić information content (AvgIpc) is 2.30. The van der Waals surface area contributed by atoms with Crippen molar-refractivity contribution in [2.75, 3.05) is 0 Å². The third-order valence-corrected chi connectivity index (χ3v) is 2.01. The van der Waals surface area contributed by atoms with Crippen molar-refractivity contribution in [1.29, 1.82) is 5.26 Å². The van der Waals surface area contributed by atoms with E-state index in [1.54, 1.807) is 0 Å². The minimum absolute atomic E-state index is 0.418. The van der Waals surface area contributed by atoms with Crippen molar-refractivity contribution in [1.82, 2.24) is 9.55 Å². The van der Waals surface area contributed by atoms with Gasteiger partial charge in [0.1, 0.15) is 0 Å². The van der Waals surface area contributed by atoms with Gasteiger partial charge in [0, 0.05) is 5.56 Å². The predicted molar refractivity (Wildman–Crippen MR) is 54.9 cm³/mol. The normalized spacial score (nSPS) is 9.53. The van der Waals surface area contributed by atoms with Crippen LogP contribution in [-0.2, 0) is 0 Å². The molecule has 0 spiro atoms. The highest BCUT2D eigenvalue weighted by molar-refractivity contribution is 5.59. The monoisotopic (exact) mass is 197 g/mol. The molecule has 2 aromatic rings. The Labute approximate surface area is 86.1 Å². The van der Waals surface area contributed by atoms with Gasteiger partial charge in [-0.2, -0.15) is 5.26 Å². The van der Waals surface area contributed by atoms with Crippen LogP contribution in [0.1, 0.15) is 0 Å². The number of aromatic nitrogens is 2. The first kappa shape index (κ1) is 9.16. The van der Waals surface area contributed by atoms with E-state index in [-0.39, 0.29) is 0 Å². The van der Waals surface area contributed by atoms with Crippen molar-refractivity contribution >= 4 is 0 Å². The molecule has 0 radical (unpaired) electrons. The van der Waals surface area contributed by atoms with Gasteiger partial charge >= 0.3 is 0 Å². The van der Waals surface area contributed by atoms with Gasteiger partial charge in [-0.15, -0.1) is 0 Å². The summed E-state index contributed by atoms with van der Waals surface area (Å²) in [5, 5.41) is 8.85. The molecule has 0 fully saturated rings. The Balaban J connectivity index is 2.70. The van der Waals surface area contributed by atoms with Crippen molar-refractivity contribution in [2.45, 2.75) is 0 Å². The second-order valence-electron chi connectivity index (χ2n) is 2.93. The zero-order valence-electron chi connectivity index (χ0n) is 7.79. The summed E-state index contributed by atoms with van der Waals surface area (Å²) in [6.07, 6.45) is 4.45. The SMILES string of the molecule is N#Cn1c(-c2ccccc2)cncc1=O. The van der Waals surface area contributed by atoms with E-state index in [9.17, 15) is 4.79 Å². The first-order valence-corrected chi connectivity index (χ1v) is 4.35. The lowest BCUT2D eigenvalue weighted by Gasteiger charge is -2.03. The molecule has 0 aliphatic carbocycles. The summed E-state index contributed by atoms with van der Waals surface area (Å²) >= 11 is 0. The van der Waals surface area contributed by atoms with E-state index < -0.39 is 5.56 Å². The van der Waals surface area contributed by atoms with Gasteiger partial charge in [-0.25, -0.2) is 4.57 Å². The summed E-state index contributed by atoms with van der Waals surface area (Å²) in [5.74, 6) is 0. The fraction of sp³-hybridized carbons (Fsp3) is 0. The van der Waals surface area contributed by atoms with Crippen LogP contribution in [0.15, 0.2) is 47.5 Å². The van der Waals surface area contributed by atoms with Crippen LogP contribution in [0.5, 0.6) is 0 Å². The van der Waals surface area contributed by atoms with Crippen molar-refractivity contribution in [3.8, 4) is 17.5 Å². The number of nitriles is 1. The van der Waals surface area contributed by atoms with E-state index in [1.165, 1.54) is 6.20 Å². The molecule has 0 bridgehead atoms. The maximum Gasteiger partial charge on any atom is 0.282 e. The van der Waals surface area contributed by atoms with Crippen LogP contribution in [0.4, 0.5) is 0 Å². The molecule has 4 nitrogen and oxygen atoms in total. The van der Waals surface area contributed by atoms with Crippen LogP contribution in [0.2, 0.25) is 0 Å². The van der Waals surface area contributed by atoms with Gasteiger partial charge in [0.05, 0.1) is 18.1 Å². The number of nitrogens with zero attached hydrogens (tertiary/aromatic N) is 3. The summed E-state index contributed by atoms with van der Waals surface area (Å²) in [5.41, 5.74) is 0.883. The van der Waals surface area contributed by atoms with E-state index in [4.69, 9.17) is 5.26 Å². The lowest BCUT2D eigenvalue weighted by molar-refractivity contribution is 0.982. The van der Waals surface area contributed by atoms with Crippen LogP contribution in [-0.4, -0.2) is 9.55 Å². The van der Waals surface area contributed by atoms with E-state index in [0.29, 0.717) is 5.69 Å². The molecular formula is C11H7N3O. The van der Waals surface area contributed by atoms with Crippen LogP contribution in [0.3, 0.4) is 0 Å². The lowest BCUT2D eigenvalue weighted by Crippen LogP contribution is -2.17. The molecule has 2 rings (SSSR count). The highest BCUT2D eigenvalue weighted by Gasteiger charge is 2.04. The lowest BCUT2D eigenvalue weighted by atomic mass is 10.1. The van der Waals surface area contributed by atoms with Crippen LogP contribution in [0, 0.1) is 11.5 Å². The Bertz CT molecular complexity index is 566. The molecule has 0 unspecified atom stereocenters. The maximum absolute atomic E-state index is 11.3.